The molecular weight excluding hydrogens is 494 g/mol. The van der Waals surface area contributed by atoms with E-state index in [-0.39, 0.29) is 11.1 Å². The van der Waals surface area contributed by atoms with E-state index in [4.69, 9.17) is 5.11 Å². The Morgan fingerprint density at radius 2 is 1.77 bits per heavy atom. The molecule has 0 fully saturated rings. The SMILES string of the molecule is O=C(O)c1ccc(CSc2nc3ccc(NC(=O)c4cccc([N+](=O)[O-])c4C(=O)O)cc3s2)cc1. The van der Waals surface area contributed by atoms with Crippen molar-refractivity contribution < 1.29 is 29.5 Å². The zero-order valence-electron chi connectivity index (χ0n) is 17.6. The molecule has 4 rings (SSSR count). The summed E-state index contributed by atoms with van der Waals surface area (Å²) in [5, 5.41) is 32.2. The summed E-state index contributed by atoms with van der Waals surface area (Å²) in [5.74, 6) is -2.74. The van der Waals surface area contributed by atoms with E-state index in [1.54, 1.807) is 42.5 Å². The van der Waals surface area contributed by atoms with Crippen LogP contribution in [0.2, 0.25) is 0 Å². The van der Waals surface area contributed by atoms with Gasteiger partial charge in [-0.15, -0.1) is 11.3 Å². The van der Waals surface area contributed by atoms with Crippen molar-refractivity contribution in [3.05, 3.63) is 93.0 Å². The molecule has 176 valence electrons. The number of hydrogen-bond acceptors (Lipinski definition) is 8. The monoisotopic (exact) mass is 509 g/mol. The molecule has 10 nitrogen and oxygen atoms in total. The first-order chi connectivity index (χ1) is 16.7. The molecule has 4 aromatic rings. The molecule has 3 N–H and O–H groups in total. The van der Waals surface area contributed by atoms with Crippen molar-refractivity contribution in [2.45, 2.75) is 10.1 Å². The van der Waals surface area contributed by atoms with Crippen molar-refractivity contribution in [1.29, 1.82) is 0 Å². The number of amides is 1. The molecule has 1 aromatic heterocycles. The predicted octanol–water partition coefficient (Wildman–Crippen LogP) is 5.15. The first kappa shape index (κ1) is 23.9. The molecule has 0 unspecified atom stereocenters. The molecule has 3 aromatic carbocycles. The number of benzene rings is 3. The van der Waals surface area contributed by atoms with E-state index in [2.05, 4.69) is 10.3 Å². The number of nitro groups is 1. The van der Waals surface area contributed by atoms with Crippen LogP contribution in [0.4, 0.5) is 11.4 Å². The third-order valence-electron chi connectivity index (χ3n) is 4.89. The number of carboxylic acid groups (broad SMARTS) is 2. The van der Waals surface area contributed by atoms with E-state index in [9.17, 15) is 29.6 Å². The fourth-order valence-electron chi connectivity index (χ4n) is 3.24. The van der Waals surface area contributed by atoms with Gasteiger partial charge in [-0.3, -0.25) is 14.9 Å². The van der Waals surface area contributed by atoms with Gasteiger partial charge >= 0.3 is 11.9 Å². The molecule has 0 bridgehead atoms. The number of aromatic nitrogens is 1. The number of carbonyl (C=O) groups excluding carboxylic acids is 1. The molecule has 0 aliphatic carbocycles. The molecule has 0 spiro atoms. The molecule has 0 aliphatic heterocycles. The van der Waals surface area contributed by atoms with Gasteiger partial charge in [-0.2, -0.15) is 0 Å². The number of hydrogen-bond donors (Lipinski definition) is 3. The first-order valence-corrected chi connectivity index (χ1v) is 11.7. The number of fused-ring (bicyclic) bond motifs is 1. The Hall–Kier alpha value is -4.29. The summed E-state index contributed by atoms with van der Waals surface area (Å²) in [5.41, 5.74) is 0.591. The third-order valence-corrected chi connectivity index (χ3v) is 7.12. The molecule has 0 saturated carbocycles. The minimum Gasteiger partial charge on any atom is -0.478 e. The van der Waals surface area contributed by atoms with Gasteiger partial charge in [-0.1, -0.05) is 30.0 Å². The highest BCUT2D eigenvalue weighted by Gasteiger charge is 2.27. The van der Waals surface area contributed by atoms with Crippen molar-refractivity contribution in [2.75, 3.05) is 5.32 Å². The van der Waals surface area contributed by atoms with Crippen LogP contribution >= 0.6 is 23.1 Å². The highest BCUT2D eigenvalue weighted by molar-refractivity contribution is 8.00. The number of rotatable bonds is 8. The largest absolute Gasteiger partial charge is 0.478 e. The molecule has 12 heteroatoms. The van der Waals surface area contributed by atoms with Crippen LogP contribution in [-0.4, -0.2) is 38.0 Å². The number of anilines is 1. The highest BCUT2D eigenvalue weighted by atomic mass is 32.2. The lowest BCUT2D eigenvalue weighted by atomic mass is 10.0. The summed E-state index contributed by atoms with van der Waals surface area (Å²) in [6.07, 6.45) is 0. The first-order valence-electron chi connectivity index (χ1n) is 9.90. The molecule has 35 heavy (non-hydrogen) atoms. The second kappa shape index (κ2) is 9.91. The smallest absolute Gasteiger partial charge is 0.343 e. The number of carbonyl (C=O) groups is 3. The van der Waals surface area contributed by atoms with Crippen LogP contribution in [0.5, 0.6) is 0 Å². The molecular formula is C23H15N3O7S2. The van der Waals surface area contributed by atoms with Gasteiger partial charge in [0.25, 0.3) is 11.6 Å². The average Bonchev–Trinajstić information content (AvgIpc) is 3.24. The van der Waals surface area contributed by atoms with Gasteiger partial charge in [0.05, 0.1) is 26.3 Å². The summed E-state index contributed by atoms with van der Waals surface area (Å²) in [6, 6.07) is 15.1. The average molecular weight is 510 g/mol. The third kappa shape index (κ3) is 5.28. The molecule has 0 radical (unpaired) electrons. The Morgan fingerprint density at radius 1 is 1.03 bits per heavy atom. The zero-order chi connectivity index (χ0) is 25.1. The number of carboxylic acids is 2. The standard InChI is InChI=1S/C23H15N3O7S2/c27-20(15-2-1-3-17(26(32)33)19(15)22(30)31)24-14-8-9-16-18(10-14)35-23(25-16)34-11-12-4-6-13(7-5-12)21(28)29/h1-10H,11H2,(H,24,27)(H,28,29)(H,30,31). The maximum Gasteiger partial charge on any atom is 0.343 e. The van der Waals surface area contributed by atoms with Crippen molar-refractivity contribution in [2.24, 2.45) is 0 Å². The summed E-state index contributed by atoms with van der Waals surface area (Å²) < 4.78 is 1.56. The Kier molecular flexibility index (Phi) is 6.75. The normalized spacial score (nSPS) is 10.7. The van der Waals surface area contributed by atoms with E-state index < -0.39 is 34.0 Å². The van der Waals surface area contributed by atoms with E-state index in [0.717, 1.165) is 20.7 Å². The fraction of sp³-hybridized carbons (Fsp3) is 0.0435. The van der Waals surface area contributed by atoms with Crippen LogP contribution in [0.3, 0.4) is 0 Å². The quantitative estimate of drug-likeness (QED) is 0.166. The van der Waals surface area contributed by atoms with Crippen LogP contribution in [0.15, 0.2) is 65.0 Å². The minimum absolute atomic E-state index is 0.217. The molecule has 0 aliphatic rings. The lowest BCUT2D eigenvalue weighted by molar-refractivity contribution is -0.385. The number of nitrogens with zero attached hydrogens (tertiary/aromatic N) is 2. The van der Waals surface area contributed by atoms with E-state index in [0.29, 0.717) is 17.0 Å². The Labute approximate surface area is 205 Å². The predicted molar refractivity (Wildman–Crippen MR) is 131 cm³/mol. The number of nitro benzene ring substituents is 1. The topological polar surface area (TPSA) is 160 Å². The van der Waals surface area contributed by atoms with Gasteiger partial charge in [0.15, 0.2) is 4.34 Å². The lowest BCUT2D eigenvalue weighted by Gasteiger charge is -2.08. The van der Waals surface area contributed by atoms with Gasteiger partial charge in [-0.25, -0.2) is 14.6 Å². The van der Waals surface area contributed by atoms with E-state index in [1.165, 1.54) is 35.2 Å². The second-order valence-corrected chi connectivity index (χ2v) is 9.42. The second-order valence-electron chi connectivity index (χ2n) is 7.17. The van der Waals surface area contributed by atoms with Gasteiger partial charge < -0.3 is 15.5 Å². The summed E-state index contributed by atoms with van der Waals surface area (Å²) in [6.45, 7) is 0. The maximum absolute atomic E-state index is 12.7. The molecule has 0 atom stereocenters. The molecule has 0 saturated heterocycles. The van der Waals surface area contributed by atoms with Crippen LogP contribution in [0.1, 0.15) is 36.6 Å². The fourth-order valence-corrected chi connectivity index (χ4v) is 5.30. The van der Waals surface area contributed by atoms with Crippen molar-refractivity contribution in [3.63, 3.8) is 0 Å². The Morgan fingerprint density at radius 3 is 2.43 bits per heavy atom. The molecule has 1 amide bonds. The van der Waals surface area contributed by atoms with Crippen LogP contribution in [0.25, 0.3) is 10.2 Å². The van der Waals surface area contributed by atoms with E-state index in [1.807, 2.05) is 0 Å². The lowest BCUT2D eigenvalue weighted by Crippen LogP contribution is -2.17. The summed E-state index contributed by atoms with van der Waals surface area (Å²) in [4.78, 5) is 50.1. The summed E-state index contributed by atoms with van der Waals surface area (Å²) in [7, 11) is 0. The van der Waals surface area contributed by atoms with E-state index >= 15 is 0 Å². The maximum atomic E-state index is 12.7. The van der Waals surface area contributed by atoms with Crippen molar-refractivity contribution in [1.82, 2.24) is 4.98 Å². The number of nitrogens with one attached hydrogen (secondary N) is 1. The van der Waals surface area contributed by atoms with Gasteiger partial charge in [0.2, 0.25) is 0 Å². The Bertz CT molecular complexity index is 1480. The van der Waals surface area contributed by atoms with Gasteiger partial charge in [0.1, 0.15) is 5.56 Å². The van der Waals surface area contributed by atoms with Crippen LogP contribution in [-0.2, 0) is 5.75 Å². The van der Waals surface area contributed by atoms with Crippen molar-refractivity contribution in [3.8, 4) is 0 Å². The van der Waals surface area contributed by atoms with Gasteiger partial charge in [0, 0.05) is 17.5 Å². The highest BCUT2D eigenvalue weighted by Crippen LogP contribution is 2.33. The zero-order valence-corrected chi connectivity index (χ0v) is 19.3. The summed E-state index contributed by atoms with van der Waals surface area (Å²) >= 11 is 2.88. The Balaban J connectivity index is 1.50. The number of thioether (sulfide) groups is 1. The minimum atomic E-state index is -1.57. The number of thiazole rings is 1. The van der Waals surface area contributed by atoms with Crippen molar-refractivity contribution >= 4 is 62.5 Å². The van der Waals surface area contributed by atoms with Crippen LogP contribution < -0.4 is 5.32 Å². The number of aromatic carboxylic acids is 2. The van der Waals surface area contributed by atoms with Crippen LogP contribution in [0, 0.1) is 10.1 Å². The van der Waals surface area contributed by atoms with Gasteiger partial charge in [-0.05, 0) is 42.0 Å². The molecule has 1 heterocycles.